The summed E-state index contributed by atoms with van der Waals surface area (Å²) in [6.45, 7) is 0.890. The van der Waals surface area contributed by atoms with Crippen LogP contribution in [0.5, 0.6) is 5.75 Å². The van der Waals surface area contributed by atoms with Gasteiger partial charge in [-0.1, -0.05) is 37.0 Å². The van der Waals surface area contributed by atoms with Crippen LogP contribution in [-0.2, 0) is 10.0 Å². The van der Waals surface area contributed by atoms with Gasteiger partial charge in [0.2, 0.25) is 10.0 Å². The van der Waals surface area contributed by atoms with Crippen LogP contribution >= 0.6 is 34.5 Å². The molecule has 0 aliphatic heterocycles. The molecule has 5 aromatic rings. The van der Waals surface area contributed by atoms with E-state index in [2.05, 4.69) is 24.7 Å². The first-order valence-corrected chi connectivity index (χ1v) is 15.0. The quantitative estimate of drug-likeness (QED) is 0.189. The molecule has 3 heterocycles. The maximum Gasteiger partial charge on any atom is 0.387 e. The van der Waals surface area contributed by atoms with E-state index < -0.39 is 22.5 Å². The van der Waals surface area contributed by atoms with Crippen molar-refractivity contribution in [3.8, 4) is 16.3 Å². The summed E-state index contributed by atoms with van der Waals surface area (Å²) in [5.41, 5.74) is 1.20. The topological polar surface area (TPSA) is 123 Å². The second-order valence-electron chi connectivity index (χ2n) is 7.85. The third kappa shape index (κ3) is 6.28. The number of nitrogens with one attached hydrogen (secondary N) is 2. The first kappa shape index (κ1) is 29.5. The number of anilines is 2. The molecule has 0 saturated heterocycles. The van der Waals surface area contributed by atoms with Crippen molar-refractivity contribution in [2.75, 3.05) is 16.3 Å². The van der Waals surface area contributed by atoms with Gasteiger partial charge in [0.25, 0.3) is 5.91 Å². The van der Waals surface area contributed by atoms with Crippen LogP contribution in [-0.4, -0.2) is 37.2 Å². The number of aromatic nitrogens is 2. The highest BCUT2D eigenvalue weighted by molar-refractivity contribution is 7.92. The van der Waals surface area contributed by atoms with Gasteiger partial charge in [0.05, 0.1) is 22.0 Å². The lowest BCUT2D eigenvalue weighted by Crippen LogP contribution is -2.13. The summed E-state index contributed by atoms with van der Waals surface area (Å²) in [5.74, 6) is -0.808. The summed E-state index contributed by atoms with van der Waals surface area (Å²) in [6, 6.07) is 7.29. The molecule has 0 saturated carbocycles. The van der Waals surface area contributed by atoms with Crippen molar-refractivity contribution in [1.29, 1.82) is 0 Å². The number of pyridine rings is 1. The normalized spacial score (nSPS) is 11.4. The second-order valence-corrected chi connectivity index (χ2v) is 11.3. The Bertz CT molecular complexity index is 1810. The maximum atomic E-state index is 13.1. The molecule has 3 aromatic heterocycles. The number of alkyl halides is 2. The Kier molecular flexibility index (Phi) is 8.78. The van der Waals surface area contributed by atoms with Gasteiger partial charge in [-0.05, 0) is 30.3 Å². The van der Waals surface area contributed by atoms with E-state index in [4.69, 9.17) is 27.6 Å². The van der Waals surface area contributed by atoms with E-state index in [9.17, 15) is 22.0 Å². The standard InChI is InChI=1S/C23H14Cl2F2N4O5S2.C2H6/c1-38(33,34)31-10-2-4-16-12(6-10)18-11(3-5-17(20(18)35-16)36-23(26)27)22-29-15(9-37-22)21(32)30-19-13(24)7-28-8-14(19)25;1-2/h2-9,23,31H,1H3,(H,28,30,32);1-2H3. The van der Waals surface area contributed by atoms with Crippen LogP contribution in [0, 0.1) is 0 Å². The first-order valence-electron chi connectivity index (χ1n) is 11.5. The van der Waals surface area contributed by atoms with Gasteiger partial charge in [-0.25, -0.2) is 13.4 Å². The van der Waals surface area contributed by atoms with Crippen LogP contribution in [0.1, 0.15) is 24.3 Å². The summed E-state index contributed by atoms with van der Waals surface area (Å²) in [5, 5.41) is 5.50. The van der Waals surface area contributed by atoms with Crippen LogP contribution in [0.15, 0.2) is 52.5 Å². The van der Waals surface area contributed by atoms with E-state index in [1.807, 2.05) is 13.8 Å². The lowest BCUT2D eigenvalue weighted by atomic mass is 10.1. The number of fused-ring (bicyclic) bond motifs is 3. The van der Waals surface area contributed by atoms with Crippen LogP contribution < -0.4 is 14.8 Å². The predicted molar refractivity (Wildman–Crippen MR) is 153 cm³/mol. The second kappa shape index (κ2) is 11.9. The highest BCUT2D eigenvalue weighted by Crippen LogP contribution is 2.43. The fourth-order valence-corrected chi connectivity index (χ4v) is 5.56. The van der Waals surface area contributed by atoms with Crippen LogP contribution in [0.4, 0.5) is 20.2 Å². The Morgan fingerprint density at radius 2 is 1.82 bits per heavy atom. The molecule has 1 amide bonds. The van der Waals surface area contributed by atoms with Crippen LogP contribution in [0.3, 0.4) is 0 Å². The van der Waals surface area contributed by atoms with Crippen molar-refractivity contribution in [3.63, 3.8) is 0 Å². The predicted octanol–water partition coefficient (Wildman–Crippen LogP) is 7.66. The maximum absolute atomic E-state index is 13.1. The average Bonchev–Trinajstić information content (AvgIpc) is 3.52. The number of benzene rings is 2. The number of thiazole rings is 1. The van der Waals surface area contributed by atoms with Crippen molar-refractivity contribution in [2.24, 2.45) is 0 Å². The zero-order valence-corrected chi connectivity index (χ0v) is 24.1. The molecule has 0 atom stereocenters. The van der Waals surface area contributed by atoms with E-state index in [1.165, 1.54) is 48.1 Å². The molecule has 0 aliphatic rings. The Labute approximate surface area is 241 Å². The third-order valence-electron chi connectivity index (χ3n) is 5.16. The Hall–Kier alpha value is -3.52. The number of carbonyl (C=O) groups is 1. The summed E-state index contributed by atoms with van der Waals surface area (Å²) in [7, 11) is -3.59. The summed E-state index contributed by atoms with van der Waals surface area (Å²) in [4.78, 5) is 21.1. The van der Waals surface area contributed by atoms with E-state index in [1.54, 1.807) is 0 Å². The van der Waals surface area contributed by atoms with Gasteiger partial charge in [0.1, 0.15) is 16.3 Å². The molecule has 0 aliphatic carbocycles. The van der Waals surface area contributed by atoms with Gasteiger partial charge in [0, 0.05) is 39.8 Å². The smallest absolute Gasteiger partial charge is 0.387 e. The molecule has 2 N–H and O–H groups in total. The van der Waals surface area contributed by atoms with E-state index >= 15 is 0 Å². The van der Waals surface area contributed by atoms with Gasteiger partial charge in [-0.15, -0.1) is 11.3 Å². The minimum absolute atomic E-state index is 0.00542. The SMILES string of the molecule is CC.CS(=O)(=O)Nc1ccc2oc3c(OC(F)F)ccc(-c4nc(C(=O)Nc5c(Cl)cncc5Cl)cs4)c3c2c1. The molecule has 5 rings (SSSR count). The number of rotatable bonds is 7. The molecule has 40 heavy (non-hydrogen) atoms. The molecule has 0 radical (unpaired) electrons. The van der Waals surface area contributed by atoms with Gasteiger partial charge < -0.3 is 14.5 Å². The number of halogens is 4. The number of ether oxygens (including phenoxy) is 1. The molecule has 0 unspecified atom stereocenters. The van der Waals surface area contributed by atoms with Crippen LogP contribution in [0.25, 0.3) is 32.5 Å². The fraction of sp³-hybridized carbons (Fsp3) is 0.160. The zero-order chi connectivity index (χ0) is 29.2. The fourth-order valence-electron chi connectivity index (χ4n) is 3.71. The van der Waals surface area contributed by atoms with E-state index in [0.29, 0.717) is 26.9 Å². The molecular formula is C25H20Cl2F2N4O5S2. The molecule has 0 bridgehead atoms. The Balaban J connectivity index is 0.00000181. The van der Waals surface area contributed by atoms with Gasteiger partial charge in [-0.3, -0.25) is 14.5 Å². The highest BCUT2D eigenvalue weighted by Gasteiger charge is 2.22. The lowest BCUT2D eigenvalue weighted by Gasteiger charge is -2.08. The molecule has 2 aromatic carbocycles. The number of carbonyl (C=O) groups excluding carboxylic acids is 1. The van der Waals surface area contributed by atoms with Gasteiger partial charge >= 0.3 is 6.61 Å². The van der Waals surface area contributed by atoms with Crippen molar-refractivity contribution in [1.82, 2.24) is 9.97 Å². The molecule has 0 spiro atoms. The summed E-state index contributed by atoms with van der Waals surface area (Å²) >= 11 is 13.3. The van der Waals surface area contributed by atoms with Crippen molar-refractivity contribution in [3.05, 3.63) is 63.8 Å². The van der Waals surface area contributed by atoms with Gasteiger partial charge in [0.15, 0.2) is 11.3 Å². The monoisotopic (exact) mass is 628 g/mol. The minimum atomic E-state index is -3.59. The van der Waals surface area contributed by atoms with Crippen LogP contribution in [0.2, 0.25) is 10.0 Å². The highest BCUT2D eigenvalue weighted by atomic mass is 35.5. The molecular weight excluding hydrogens is 609 g/mol. The number of amides is 1. The molecule has 0 fully saturated rings. The van der Waals surface area contributed by atoms with Gasteiger partial charge in [-0.2, -0.15) is 8.78 Å². The average molecular weight is 629 g/mol. The van der Waals surface area contributed by atoms with Crippen molar-refractivity contribution >= 4 is 83.8 Å². The Morgan fingerprint density at radius 1 is 1.12 bits per heavy atom. The zero-order valence-electron chi connectivity index (χ0n) is 21.0. The molecule has 9 nitrogen and oxygen atoms in total. The minimum Gasteiger partial charge on any atom is -0.452 e. The Morgan fingerprint density at radius 3 is 2.48 bits per heavy atom. The molecule has 15 heteroatoms. The number of sulfonamides is 1. The number of furan rings is 1. The van der Waals surface area contributed by atoms with E-state index in [0.717, 1.165) is 17.6 Å². The van der Waals surface area contributed by atoms with E-state index in [-0.39, 0.29) is 38.4 Å². The van der Waals surface area contributed by atoms with Crippen molar-refractivity contribution in [2.45, 2.75) is 20.5 Å². The lowest BCUT2D eigenvalue weighted by molar-refractivity contribution is -0.0493. The third-order valence-corrected chi connectivity index (χ3v) is 7.22. The molecule has 210 valence electrons. The first-order chi connectivity index (χ1) is 19.0. The number of nitrogens with zero attached hydrogens (tertiary/aromatic N) is 2. The summed E-state index contributed by atoms with van der Waals surface area (Å²) in [6.07, 6.45) is 3.65. The summed E-state index contributed by atoms with van der Waals surface area (Å²) < 4.78 is 62.5. The largest absolute Gasteiger partial charge is 0.452 e. The van der Waals surface area contributed by atoms with Crippen molar-refractivity contribution < 1.29 is 31.1 Å². The number of hydrogen-bond acceptors (Lipinski definition) is 8. The number of hydrogen-bond donors (Lipinski definition) is 2.